The molecule has 0 spiro atoms. The molecule has 0 aromatic heterocycles. The van der Waals surface area contributed by atoms with Gasteiger partial charge in [-0.1, -0.05) is 55.0 Å². The molecule has 1 fully saturated rings. The molecule has 1 N–H and O–H groups in total. The second kappa shape index (κ2) is 7.43. The van der Waals surface area contributed by atoms with E-state index < -0.39 is 18.0 Å². The van der Waals surface area contributed by atoms with Crippen LogP contribution in [0.5, 0.6) is 0 Å². The van der Waals surface area contributed by atoms with Crippen LogP contribution in [0.2, 0.25) is 0 Å². The molecule has 2 aliphatic rings. The third kappa shape index (κ3) is 3.42. The van der Waals surface area contributed by atoms with Crippen LogP contribution in [0.25, 0.3) is 11.1 Å². The number of carbonyl (C=O) groups is 2. The average molecular weight is 365 g/mol. The Kier molecular flexibility index (Phi) is 4.84. The summed E-state index contributed by atoms with van der Waals surface area (Å²) in [6, 6.07) is 16.4. The molecule has 1 atom stereocenters. The first-order valence-electron chi connectivity index (χ1n) is 9.48. The van der Waals surface area contributed by atoms with Gasteiger partial charge in [-0.05, 0) is 35.1 Å². The molecular formula is C22H23NO4. The largest absolute Gasteiger partial charge is 0.481 e. The fraction of sp³-hybridized carbons (Fsp3) is 0.364. The number of nitrogens with zero attached hydrogens (tertiary/aromatic N) is 1. The minimum atomic E-state index is -0.839. The molecule has 1 heterocycles. The lowest BCUT2D eigenvalue weighted by Crippen LogP contribution is -2.37. The number of carbonyl (C=O) groups excluding carboxylic acids is 1. The van der Waals surface area contributed by atoms with Crippen molar-refractivity contribution < 1.29 is 19.4 Å². The number of amides is 1. The Morgan fingerprint density at radius 1 is 1.00 bits per heavy atom. The van der Waals surface area contributed by atoms with Gasteiger partial charge in [0.15, 0.2) is 0 Å². The van der Waals surface area contributed by atoms with E-state index in [1.807, 2.05) is 24.3 Å². The second-order valence-corrected chi connectivity index (χ2v) is 7.28. The first kappa shape index (κ1) is 17.6. The summed E-state index contributed by atoms with van der Waals surface area (Å²) in [7, 11) is 0. The van der Waals surface area contributed by atoms with Crippen LogP contribution >= 0.6 is 0 Å². The van der Waals surface area contributed by atoms with Gasteiger partial charge < -0.3 is 14.7 Å². The molecule has 4 rings (SSSR count). The van der Waals surface area contributed by atoms with E-state index in [2.05, 4.69) is 24.3 Å². The highest BCUT2D eigenvalue weighted by Crippen LogP contribution is 2.44. The van der Waals surface area contributed by atoms with Crippen molar-refractivity contribution in [1.29, 1.82) is 0 Å². The van der Waals surface area contributed by atoms with Crippen molar-refractivity contribution in [2.45, 2.75) is 25.2 Å². The number of fused-ring (bicyclic) bond motifs is 3. The topological polar surface area (TPSA) is 66.8 Å². The molecule has 5 nitrogen and oxygen atoms in total. The number of hydrogen-bond acceptors (Lipinski definition) is 3. The van der Waals surface area contributed by atoms with Gasteiger partial charge in [-0.3, -0.25) is 4.79 Å². The Balaban J connectivity index is 1.48. The monoisotopic (exact) mass is 365 g/mol. The highest BCUT2D eigenvalue weighted by Gasteiger charge is 2.31. The zero-order chi connectivity index (χ0) is 18.8. The quantitative estimate of drug-likeness (QED) is 0.888. The van der Waals surface area contributed by atoms with Crippen molar-refractivity contribution in [2.75, 3.05) is 19.7 Å². The predicted molar refractivity (Wildman–Crippen MR) is 102 cm³/mol. The minimum absolute atomic E-state index is 0.0172. The summed E-state index contributed by atoms with van der Waals surface area (Å²) >= 11 is 0. The number of carboxylic acid groups (broad SMARTS) is 1. The SMILES string of the molecule is O=C(O)C1CCCCN(C(=O)OCC2c3ccccc3-c3ccccc32)C1. The van der Waals surface area contributed by atoms with Gasteiger partial charge in [-0.25, -0.2) is 4.79 Å². The number of ether oxygens (including phenoxy) is 1. The molecule has 2 aromatic rings. The fourth-order valence-corrected chi connectivity index (χ4v) is 4.19. The molecule has 0 bridgehead atoms. The van der Waals surface area contributed by atoms with Crippen LogP contribution in [-0.2, 0) is 9.53 Å². The summed E-state index contributed by atoms with van der Waals surface area (Å²) in [6.45, 7) is 1.05. The summed E-state index contributed by atoms with van der Waals surface area (Å²) in [4.78, 5) is 25.5. The average Bonchev–Trinajstić information content (AvgIpc) is 2.83. The third-order valence-electron chi connectivity index (χ3n) is 5.61. The molecule has 1 aliphatic carbocycles. The second-order valence-electron chi connectivity index (χ2n) is 7.28. The zero-order valence-electron chi connectivity index (χ0n) is 15.1. The summed E-state index contributed by atoms with van der Waals surface area (Å²) in [5.41, 5.74) is 4.72. The van der Waals surface area contributed by atoms with Crippen molar-refractivity contribution in [3.8, 4) is 11.1 Å². The maximum absolute atomic E-state index is 12.6. The molecule has 140 valence electrons. The van der Waals surface area contributed by atoms with Crippen LogP contribution in [0.1, 0.15) is 36.3 Å². The van der Waals surface area contributed by atoms with Gasteiger partial charge in [0.2, 0.25) is 0 Å². The predicted octanol–water partition coefficient (Wildman–Crippen LogP) is 4.12. The van der Waals surface area contributed by atoms with Crippen molar-refractivity contribution in [1.82, 2.24) is 4.90 Å². The van der Waals surface area contributed by atoms with Crippen LogP contribution in [-0.4, -0.2) is 41.8 Å². The number of benzene rings is 2. The maximum Gasteiger partial charge on any atom is 0.409 e. The lowest BCUT2D eigenvalue weighted by atomic mass is 9.98. The van der Waals surface area contributed by atoms with Gasteiger partial charge in [-0.2, -0.15) is 0 Å². The first-order chi connectivity index (χ1) is 13.1. The molecule has 0 saturated carbocycles. The van der Waals surface area contributed by atoms with E-state index in [4.69, 9.17) is 4.74 Å². The highest BCUT2D eigenvalue weighted by atomic mass is 16.6. The summed E-state index contributed by atoms with van der Waals surface area (Å²) in [5.74, 6) is -1.33. The Bertz CT molecular complexity index is 817. The normalized spacial score (nSPS) is 19.1. The molecule has 1 amide bonds. The van der Waals surface area contributed by atoms with Crippen molar-refractivity contribution >= 4 is 12.1 Å². The molecule has 1 aliphatic heterocycles. The smallest absolute Gasteiger partial charge is 0.409 e. The van der Waals surface area contributed by atoms with E-state index in [0.717, 1.165) is 12.8 Å². The summed E-state index contributed by atoms with van der Waals surface area (Å²) in [6.07, 6.45) is 1.84. The number of aliphatic carboxylic acids is 1. The molecule has 0 radical (unpaired) electrons. The van der Waals surface area contributed by atoms with Crippen LogP contribution in [0.3, 0.4) is 0 Å². The van der Waals surface area contributed by atoms with Crippen molar-refractivity contribution in [3.05, 3.63) is 59.7 Å². The first-order valence-corrected chi connectivity index (χ1v) is 9.48. The zero-order valence-corrected chi connectivity index (χ0v) is 15.1. The number of likely N-dealkylation sites (tertiary alicyclic amines) is 1. The van der Waals surface area contributed by atoms with Crippen molar-refractivity contribution in [2.24, 2.45) is 5.92 Å². The van der Waals surface area contributed by atoms with Gasteiger partial charge >= 0.3 is 12.1 Å². The Labute approximate surface area is 158 Å². The molecular weight excluding hydrogens is 342 g/mol. The number of hydrogen-bond donors (Lipinski definition) is 1. The Hall–Kier alpha value is -2.82. The van der Waals surface area contributed by atoms with Crippen molar-refractivity contribution in [3.63, 3.8) is 0 Å². The van der Waals surface area contributed by atoms with Crippen LogP contribution in [0.4, 0.5) is 4.79 Å². The molecule has 1 saturated heterocycles. The fourth-order valence-electron chi connectivity index (χ4n) is 4.19. The lowest BCUT2D eigenvalue weighted by molar-refractivity contribution is -0.142. The van der Waals surface area contributed by atoms with Crippen LogP contribution < -0.4 is 0 Å². The standard InChI is InChI=1S/C22H23NO4/c24-21(25)15-7-5-6-12-23(13-15)22(26)27-14-20-18-10-3-1-8-16(18)17-9-2-4-11-19(17)20/h1-4,8-11,15,20H,5-7,12-14H2,(H,24,25). The third-order valence-corrected chi connectivity index (χ3v) is 5.61. The van der Waals surface area contributed by atoms with E-state index in [0.29, 0.717) is 13.0 Å². The molecule has 1 unspecified atom stereocenters. The van der Waals surface area contributed by atoms with E-state index in [1.165, 1.54) is 22.3 Å². The van der Waals surface area contributed by atoms with Gasteiger partial charge in [0.1, 0.15) is 6.61 Å². The van der Waals surface area contributed by atoms with Crippen LogP contribution in [0, 0.1) is 5.92 Å². The van der Waals surface area contributed by atoms with Gasteiger partial charge in [0.05, 0.1) is 5.92 Å². The maximum atomic E-state index is 12.6. The van der Waals surface area contributed by atoms with E-state index in [9.17, 15) is 14.7 Å². The molecule has 5 heteroatoms. The van der Waals surface area contributed by atoms with E-state index in [1.54, 1.807) is 4.90 Å². The molecule has 27 heavy (non-hydrogen) atoms. The minimum Gasteiger partial charge on any atom is -0.481 e. The highest BCUT2D eigenvalue weighted by molar-refractivity contribution is 5.79. The number of carboxylic acids is 1. The van der Waals surface area contributed by atoms with E-state index in [-0.39, 0.29) is 19.1 Å². The van der Waals surface area contributed by atoms with Gasteiger partial charge in [0, 0.05) is 19.0 Å². The van der Waals surface area contributed by atoms with Crippen LogP contribution in [0.15, 0.2) is 48.5 Å². The molecule has 2 aromatic carbocycles. The Morgan fingerprint density at radius 3 is 2.26 bits per heavy atom. The summed E-state index contributed by atoms with van der Waals surface area (Å²) in [5, 5.41) is 9.31. The van der Waals surface area contributed by atoms with E-state index >= 15 is 0 Å². The van der Waals surface area contributed by atoms with Gasteiger partial charge in [-0.15, -0.1) is 0 Å². The number of rotatable bonds is 3. The summed E-state index contributed by atoms with van der Waals surface area (Å²) < 4.78 is 5.66. The Morgan fingerprint density at radius 2 is 1.63 bits per heavy atom. The van der Waals surface area contributed by atoms with Gasteiger partial charge in [0.25, 0.3) is 0 Å². The lowest BCUT2D eigenvalue weighted by Gasteiger charge is -2.23.